The maximum Gasteiger partial charge on any atom is 0.236 e. The van der Waals surface area contributed by atoms with Crippen molar-refractivity contribution in [2.24, 2.45) is 11.7 Å². The summed E-state index contributed by atoms with van der Waals surface area (Å²) in [5, 5.41) is 0. The second-order valence-corrected chi connectivity index (χ2v) is 4.61. The average Bonchev–Trinajstić information content (AvgIpc) is 2.34. The molecule has 5 heteroatoms. The second kappa shape index (κ2) is 6.59. The Morgan fingerprint density at radius 2 is 2.18 bits per heavy atom. The summed E-state index contributed by atoms with van der Waals surface area (Å²) in [6.45, 7) is 6.68. The normalized spacial score (nSPS) is 20.2. The van der Waals surface area contributed by atoms with E-state index < -0.39 is 0 Å². The Bertz CT molecular complexity index is 281. The molecular weight excluding hydrogens is 218 g/mol. The van der Waals surface area contributed by atoms with E-state index in [1.165, 1.54) is 0 Å². The highest BCUT2D eigenvalue weighted by atomic mass is 16.2. The van der Waals surface area contributed by atoms with Crippen LogP contribution in [0.25, 0.3) is 0 Å². The van der Waals surface area contributed by atoms with Crippen LogP contribution in [0.4, 0.5) is 0 Å². The molecular formula is C12H23N3O2. The van der Waals surface area contributed by atoms with Crippen molar-refractivity contribution in [1.82, 2.24) is 9.80 Å². The first-order valence-electron chi connectivity index (χ1n) is 6.31. The van der Waals surface area contributed by atoms with E-state index in [9.17, 15) is 9.59 Å². The van der Waals surface area contributed by atoms with E-state index in [1.54, 1.807) is 6.92 Å². The van der Waals surface area contributed by atoms with Gasteiger partial charge in [0.05, 0.1) is 6.54 Å². The first-order chi connectivity index (χ1) is 8.08. The third-order valence-corrected chi connectivity index (χ3v) is 3.35. The van der Waals surface area contributed by atoms with Crippen LogP contribution in [0.2, 0.25) is 0 Å². The molecule has 0 bridgehead atoms. The minimum atomic E-state index is 0.0144. The summed E-state index contributed by atoms with van der Waals surface area (Å²) in [5.74, 6) is 0.512. The number of nitrogens with zero attached hydrogens (tertiary/aromatic N) is 2. The number of carbonyl (C=O) groups is 2. The number of hydrogen-bond donors (Lipinski definition) is 1. The van der Waals surface area contributed by atoms with E-state index in [0.29, 0.717) is 5.92 Å². The molecule has 0 aromatic heterocycles. The third-order valence-electron chi connectivity index (χ3n) is 3.35. The lowest BCUT2D eigenvalue weighted by Gasteiger charge is -2.35. The number of carbonyl (C=O) groups excluding carboxylic acids is 2. The molecule has 0 spiro atoms. The molecule has 1 heterocycles. The van der Waals surface area contributed by atoms with Crippen molar-refractivity contribution >= 4 is 11.8 Å². The number of nitrogens with two attached hydrogens (primary N) is 1. The van der Waals surface area contributed by atoms with E-state index in [2.05, 4.69) is 0 Å². The van der Waals surface area contributed by atoms with Gasteiger partial charge >= 0.3 is 0 Å². The number of hydrogen-bond acceptors (Lipinski definition) is 3. The van der Waals surface area contributed by atoms with Crippen LogP contribution in [-0.2, 0) is 9.59 Å². The highest BCUT2D eigenvalue weighted by molar-refractivity contribution is 5.78. The Morgan fingerprint density at radius 1 is 1.47 bits per heavy atom. The van der Waals surface area contributed by atoms with E-state index in [1.807, 2.05) is 16.7 Å². The number of likely N-dealkylation sites (tertiary alicyclic amines) is 1. The molecule has 17 heavy (non-hydrogen) atoms. The van der Waals surface area contributed by atoms with Gasteiger partial charge in [0.25, 0.3) is 0 Å². The maximum atomic E-state index is 11.5. The summed E-state index contributed by atoms with van der Waals surface area (Å²) >= 11 is 0. The Balaban J connectivity index is 2.49. The summed E-state index contributed by atoms with van der Waals surface area (Å²) in [7, 11) is 0. The minimum absolute atomic E-state index is 0.0144. The molecule has 2 amide bonds. The smallest absolute Gasteiger partial charge is 0.236 e. The number of piperidine rings is 1. The van der Waals surface area contributed by atoms with Crippen LogP contribution in [0.1, 0.15) is 26.7 Å². The Morgan fingerprint density at radius 3 is 2.71 bits per heavy atom. The molecule has 1 aliphatic rings. The van der Waals surface area contributed by atoms with E-state index in [4.69, 9.17) is 5.73 Å². The zero-order valence-corrected chi connectivity index (χ0v) is 10.8. The summed E-state index contributed by atoms with van der Waals surface area (Å²) in [6.07, 6.45) is 2.09. The monoisotopic (exact) mass is 241 g/mol. The van der Waals surface area contributed by atoms with Crippen molar-refractivity contribution in [3.05, 3.63) is 0 Å². The fraction of sp³-hybridized carbons (Fsp3) is 0.833. The molecule has 0 aromatic carbocycles. The molecule has 0 aromatic rings. The second-order valence-electron chi connectivity index (χ2n) is 4.61. The lowest BCUT2D eigenvalue weighted by atomic mass is 9.97. The zero-order valence-electron chi connectivity index (χ0n) is 10.8. The van der Waals surface area contributed by atoms with Gasteiger partial charge in [0.2, 0.25) is 11.8 Å². The standard InChI is InChI=1S/C12H23N3O2/c1-3-14(10(2)16)8-11-5-4-6-15(9-11)12(17)7-13/h11H,3-9,13H2,1-2H3/t11-/m1/s1. The Kier molecular flexibility index (Phi) is 5.41. The van der Waals surface area contributed by atoms with E-state index in [0.717, 1.165) is 39.0 Å². The van der Waals surface area contributed by atoms with Crippen LogP contribution in [-0.4, -0.2) is 54.3 Å². The van der Waals surface area contributed by atoms with Gasteiger partial charge in [-0.25, -0.2) is 0 Å². The number of amides is 2. The molecule has 98 valence electrons. The van der Waals surface area contributed by atoms with Gasteiger partial charge < -0.3 is 15.5 Å². The highest BCUT2D eigenvalue weighted by Gasteiger charge is 2.24. The zero-order chi connectivity index (χ0) is 12.8. The lowest BCUT2D eigenvalue weighted by Crippen LogP contribution is -2.46. The summed E-state index contributed by atoms with van der Waals surface area (Å²) in [6, 6.07) is 0. The molecule has 1 rings (SSSR count). The van der Waals surface area contributed by atoms with Crippen LogP contribution >= 0.6 is 0 Å². The average molecular weight is 241 g/mol. The van der Waals surface area contributed by atoms with Crippen molar-refractivity contribution in [3.63, 3.8) is 0 Å². The van der Waals surface area contributed by atoms with Crippen LogP contribution in [0.5, 0.6) is 0 Å². The molecule has 0 aliphatic carbocycles. The molecule has 1 aliphatic heterocycles. The van der Waals surface area contributed by atoms with Crippen molar-refractivity contribution in [3.8, 4) is 0 Å². The molecule has 1 fully saturated rings. The largest absolute Gasteiger partial charge is 0.343 e. The Labute approximate surface area is 103 Å². The first kappa shape index (κ1) is 14.0. The first-order valence-corrected chi connectivity index (χ1v) is 6.31. The fourth-order valence-corrected chi connectivity index (χ4v) is 2.36. The summed E-state index contributed by atoms with van der Waals surface area (Å²) in [5.41, 5.74) is 5.37. The van der Waals surface area contributed by atoms with Gasteiger partial charge in [-0.1, -0.05) is 0 Å². The van der Waals surface area contributed by atoms with Gasteiger partial charge in [0, 0.05) is 33.1 Å². The minimum Gasteiger partial charge on any atom is -0.343 e. The molecule has 5 nitrogen and oxygen atoms in total. The predicted octanol–water partition coefficient (Wildman–Crippen LogP) is 0.0521. The summed E-state index contributed by atoms with van der Waals surface area (Å²) < 4.78 is 0. The molecule has 1 atom stereocenters. The van der Waals surface area contributed by atoms with Crippen LogP contribution in [0.15, 0.2) is 0 Å². The quantitative estimate of drug-likeness (QED) is 0.756. The lowest BCUT2D eigenvalue weighted by molar-refractivity contribution is -0.132. The van der Waals surface area contributed by atoms with Crippen LogP contribution < -0.4 is 5.73 Å². The van der Waals surface area contributed by atoms with Gasteiger partial charge in [-0.2, -0.15) is 0 Å². The maximum absolute atomic E-state index is 11.5. The van der Waals surface area contributed by atoms with Gasteiger partial charge in [0.15, 0.2) is 0 Å². The number of rotatable bonds is 4. The third kappa shape index (κ3) is 4.00. The summed E-state index contributed by atoms with van der Waals surface area (Å²) in [4.78, 5) is 26.5. The topological polar surface area (TPSA) is 66.6 Å². The predicted molar refractivity (Wildman–Crippen MR) is 66.3 cm³/mol. The van der Waals surface area contributed by atoms with Gasteiger partial charge in [-0.3, -0.25) is 9.59 Å². The van der Waals surface area contributed by atoms with Crippen molar-refractivity contribution < 1.29 is 9.59 Å². The van der Waals surface area contributed by atoms with Crippen molar-refractivity contribution in [2.45, 2.75) is 26.7 Å². The molecule has 0 saturated carbocycles. The van der Waals surface area contributed by atoms with Crippen LogP contribution in [0.3, 0.4) is 0 Å². The molecule has 2 N–H and O–H groups in total. The van der Waals surface area contributed by atoms with Crippen molar-refractivity contribution in [1.29, 1.82) is 0 Å². The highest BCUT2D eigenvalue weighted by Crippen LogP contribution is 2.17. The van der Waals surface area contributed by atoms with E-state index in [-0.39, 0.29) is 18.4 Å². The molecule has 0 radical (unpaired) electrons. The van der Waals surface area contributed by atoms with Gasteiger partial charge in [0.1, 0.15) is 0 Å². The van der Waals surface area contributed by atoms with Crippen molar-refractivity contribution in [2.75, 3.05) is 32.7 Å². The Hall–Kier alpha value is -1.10. The van der Waals surface area contributed by atoms with Gasteiger partial charge in [-0.15, -0.1) is 0 Å². The van der Waals surface area contributed by atoms with Gasteiger partial charge in [-0.05, 0) is 25.7 Å². The SMILES string of the molecule is CCN(C[C@H]1CCCN(C(=O)CN)C1)C(C)=O. The van der Waals surface area contributed by atoms with Crippen LogP contribution in [0, 0.1) is 5.92 Å². The molecule has 1 saturated heterocycles. The fourth-order valence-electron chi connectivity index (χ4n) is 2.36. The molecule has 0 unspecified atom stereocenters. The van der Waals surface area contributed by atoms with E-state index >= 15 is 0 Å².